The van der Waals surface area contributed by atoms with Crippen molar-refractivity contribution in [3.63, 3.8) is 0 Å². The zero-order valence-corrected chi connectivity index (χ0v) is 10.6. The summed E-state index contributed by atoms with van der Waals surface area (Å²) in [7, 11) is 0. The van der Waals surface area contributed by atoms with Crippen molar-refractivity contribution in [3.05, 3.63) is 35.4 Å². The number of hydrogen-bond acceptors (Lipinski definition) is 1. The number of aryl methyl sites for hydroxylation is 1. The van der Waals surface area contributed by atoms with E-state index in [9.17, 15) is 9.90 Å². The summed E-state index contributed by atoms with van der Waals surface area (Å²) in [6, 6.07) is 7.96. The van der Waals surface area contributed by atoms with Crippen LogP contribution in [0.15, 0.2) is 24.3 Å². The number of hydrogen-bond donors (Lipinski definition) is 1. The Hall–Kier alpha value is -1.31. The van der Waals surface area contributed by atoms with E-state index in [4.69, 9.17) is 0 Å². The third kappa shape index (κ3) is 2.08. The summed E-state index contributed by atoms with van der Waals surface area (Å²) in [6.07, 6.45) is 3.91. The van der Waals surface area contributed by atoms with Crippen LogP contribution in [0.1, 0.15) is 43.7 Å². The fourth-order valence-corrected chi connectivity index (χ4v) is 3.01. The monoisotopic (exact) mass is 232 g/mol. The van der Waals surface area contributed by atoms with Crippen LogP contribution in [0.25, 0.3) is 0 Å². The Kier molecular flexibility index (Phi) is 3.23. The van der Waals surface area contributed by atoms with Gasteiger partial charge in [-0.05, 0) is 31.2 Å². The van der Waals surface area contributed by atoms with Crippen molar-refractivity contribution >= 4 is 5.97 Å². The summed E-state index contributed by atoms with van der Waals surface area (Å²) in [5, 5.41) is 9.51. The lowest BCUT2D eigenvalue weighted by atomic mass is 9.57. The van der Waals surface area contributed by atoms with E-state index in [0.29, 0.717) is 5.92 Å². The molecule has 0 atom stereocenters. The predicted octanol–water partition coefficient (Wildman–Crippen LogP) is 3.53. The number of aliphatic carboxylic acids is 1. The molecule has 0 radical (unpaired) electrons. The van der Waals surface area contributed by atoms with Crippen LogP contribution in [0.2, 0.25) is 0 Å². The van der Waals surface area contributed by atoms with Crippen LogP contribution in [-0.2, 0) is 10.2 Å². The van der Waals surface area contributed by atoms with E-state index >= 15 is 0 Å². The highest BCUT2D eigenvalue weighted by molar-refractivity contribution is 5.82. The lowest BCUT2D eigenvalue weighted by molar-refractivity contribution is -0.150. The van der Waals surface area contributed by atoms with Crippen molar-refractivity contribution in [2.24, 2.45) is 5.92 Å². The first-order valence-electron chi connectivity index (χ1n) is 6.39. The van der Waals surface area contributed by atoms with Gasteiger partial charge in [0.1, 0.15) is 0 Å². The molecule has 17 heavy (non-hydrogen) atoms. The van der Waals surface area contributed by atoms with Gasteiger partial charge in [-0.1, -0.05) is 49.6 Å². The minimum Gasteiger partial charge on any atom is -0.481 e. The molecule has 0 heterocycles. The van der Waals surface area contributed by atoms with Gasteiger partial charge in [0.2, 0.25) is 0 Å². The second-order valence-corrected chi connectivity index (χ2v) is 5.32. The SMILES string of the molecule is CCCC1CC(C(=O)O)(c2cccc(C)c2)C1. The molecule has 0 unspecified atom stereocenters. The van der Waals surface area contributed by atoms with Crippen molar-refractivity contribution in [3.8, 4) is 0 Å². The van der Waals surface area contributed by atoms with Gasteiger partial charge in [-0.15, -0.1) is 0 Å². The number of carboxylic acids is 1. The largest absolute Gasteiger partial charge is 0.481 e. The molecule has 0 bridgehead atoms. The highest BCUT2D eigenvalue weighted by Gasteiger charge is 2.50. The maximum Gasteiger partial charge on any atom is 0.314 e. The van der Waals surface area contributed by atoms with Gasteiger partial charge < -0.3 is 5.11 Å². The standard InChI is InChI=1S/C15H20O2/c1-3-5-12-9-15(10-12,14(16)17)13-7-4-6-11(2)8-13/h4,6-8,12H,3,5,9-10H2,1-2H3,(H,16,17). The lowest BCUT2D eigenvalue weighted by Gasteiger charge is -2.45. The molecule has 1 aliphatic rings. The van der Waals surface area contributed by atoms with Gasteiger partial charge in [-0.2, -0.15) is 0 Å². The molecular formula is C15H20O2. The van der Waals surface area contributed by atoms with Crippen LogP contribution in [0.4, 0.5) is 0 Å². The Morgan fingerprint density at radius 1 is 1.47 bits per heavy atom. The smallest absolute Gasteiger partial charge is 0.314 e. The van der Waals surface area contributed by atoms with Crippen LogP contribution >= 0.6 is 0 Å². The van der Waals surface area contributed by atoms with Gasteiger partial charge >= 0.3 is 5.97 Å². The van der Waals surface area contributed by atoms with E-state index < -0.39 is 11.4 Å². The van der Waals surface area contributed by atoms with E-state index in [1.54, 1.807) is 0 Å². The molecule has 1 aliphatic carbocycles. The molecule has 1 aromatic carbocycles. The third-order valence-electron chi connectivity index (χ3n) is 3.95. The summed E-state index contributed by atoms with van der Waals surface area (Å²) in [5.41, 5.74) is 1.52. The Balaban J connectivity index is 2.23. The van der Waals surface area contributed by atoms with Crippen LogP contribution in [-0.4, -0.2) is 11.1 Å². The zero-order chi connectivity index (χ0) is 12.5. The number of rotatable bonds is 4. The van der Waals surface area contributed by atoms with E-state index in [-0.39, 0.29) is 0 Å². The second kappa shape index (κ2) is 4.52. The Labute approximate surface area is 103 Å². The average molecular weight is 232 g/mol. The maximum absolute atomic E-state index is 11.6. The van der Waals surface area contributed by atoms with Gasteiger partial charge in [-0.25, -0.2) is 0 Å². The van der Waals surface area contributed by atoms with Crippen molar-refractivity contribution in [2.45, 2.75) is 44.9 Å². The van der Waals surface area contributed by atoms with Gasteiger partial charge in [0.25, 0.3) is 0 Å². The van der Waals surface area contributed by atoms with Crippen molar-refractivity contribution in [1.82, 2.24) is 0 Å². The fourth-order valence-electron chi connectivity index (χ4n) is 3.01. The predicted molar refractivity (Wildman–Crippen MR) is 68.1 cm³/mol. The number of benzene rings is 1. The molecule has 1 fully saturated rings. The highest BCUT2D eigenvalue weighted by Crippen LogP contribution is 2.49. The zero-order valence-electron chi connectivity index (χ0n) is 10.6. The van der Waals surface area contributed by atoms with Crippen molar-refractivity contribution < 1.29 is 9.90 Å². The van der Waals surface area contributed by atoms with E-state index in [1.165, 1.54) is 0 Å². The Bertz CT molecular complexity index is 417. The first-order valence-corrected chi connectivity index (χ1v) is 6.39. The molecule has 0 amide bonds. The first kappa shape index (κ1) is 12.2. The molecule has 2 heteroatoms. The summed E-state index contributed by atoms with van der Waals surface area (Å²) in [4.78, 5) is 11.6. The lowest BCUT2D eigenvalue weighted by Crippen LogP contribution is -2.47. The summed E-state index contributed by atoms with van der Waals surface area (Å²) in [5.74, 6) is -0.0629. The summed E-state index contributed by atoms with van der Waals surface area (Å²) in [6.45, 7) is 4.18. The van der Waals surface area contributed by atoms with Gasteiger partial charge in [0.15, 0.2) is 0 Å². The van der Waals surface area contributed by atoms with E-state index in [0.717, 1.165) is 36.8 Å². The summed E-state index contributed by atoms with van der Waals surface area (Å²) < 4.78 is 0. The molecule has 1 aromatic rings. The first-order chi connectivity index (χ1) is 8.08. The average Bonchev–Trinajstić information content (AvgIpc) is 2.22. The molecule has 0 aliphatic heterocycles. The van der Waals surface area contributed by atoms with Crippen LogP contribution < -0.4 is 0 Å². The molecule has 1 saturated carbocycles. The molecule has 1 N–H and O–H groups in total. The molecular weight excluding hydrogens is 212 g/mol. The van der Waals surface area contributed by atoms with Gasteiger partial charge in [-0.3, -0.25) is 4.79 Å². The maximum atomic E-state index is 11.6. The van der Waals surface area contributed by atoms with Crippen LogP contribution in [0, 0.1) is 12.8 Å². The molecule has 2 nitrogen and oxygen atoms in total. The molecule has 2 rings (SSSR count). The topological polar surface area (TPSA) is 37.3 Å². The van der Waals surface area contributed by atoms with E-state index in [1.807, 2.05) is 31.2 Å². The molecule has 0 spiro atoms. The second-order valence-electron chi connectivity index (χ2n) is 5.32. The molecule has 0 aromatic heterocycles. The quantitative estimate of drug-likeness (QED) is 0.862. The molecule has 92 valence electrons. The van der Waals surface area contributed by atoms with Crippen molar-refractivity contribution in [2.75, 3.05) is 0 Å². The summed E-state index contributed by atoms with van der Waals surface area (Å²) >= 11 is 0. The normalized spacial score (nSPS) is 27.5. The number of carbonyl (C=O) groups is 1. The van der Waals surface area contributed by atoms with Crippen LogP contribution in [0.3, 0.4) is 0 Å². The van der Waals surface area contributed by atoms with Crippen LogP contribution in [0.5, 0.6) is 0 Å². The Morgan fingerprint density at radius 2 is 2.18 bits per heavy atom. The fraction of sp³-hybridized carbons (Fsp3) is 0.533. The van der Waals surface area contributed by atoms with Crippen molar-refractivity contribution in [1.29, 1.82) is 0 Å². The van der Waals surface area contributed by atoms with Gasteiger partial charge in [0.05, 0.1) is 5.41 Å². The minimum atomic E-state index is -0.657. The number of carboxylic acid groups (broad SMARTS) is 1. The van der Waals surface area contributed by atoms with Gasteiger partial charge in [0, 0.05) is 0 Å². The van der Waals surface area contributed by atoms with E-state index in [2.05, 4.69) is 6.92 Å². The molecule has 0 saturated heterocycles. The Morgan fingerprint density at radius 3 is 2.71 bits per heavy atom. The highest BCUT2D eigenvalue weighted by atomic mass is 16.4. The minimum absolute atomic E-state index is 0.594. The third-order valence-corrected chi connectivity index (χ3v) is 3.95.